The molecule has 0 saturated heterocycles. The van der Waals surface area contributed by atoms with E-state index < -0.39 is 60.3 Å². The second kappa shape index (κ2) is 19.9. The SMILES string of the molecule is CCN(CC)CCNC(=O)c1ccc(NC(=O)C(=O)NC/C(=N/C(=O)c2ccc(Nc3nc(NC4(c5ccc(Cl)cc5)CC4)nc(OCC(F)(F)F)n3)cc2)C(=O)O)cc1. The third-order valence-corrected chi connectivity index (χ3v) is 9.24. The van der Waals surface area contributed by atoms with Gasteiger partial charge in [-0.25, -0.2) is 9.79 Å². The maximum absolute atomic E-state index is 13.0. The van der Waals surface area contributed by atoms with Crippen molar-refractivity contribution in [2.75, 3.05) is 55.3 Å². The van der Waals surface area contributed by atoms with Crippen LogP contribution in [-0.2, 0) is 19.9 Å². The Hall–Kier alpha value is -6.67. The van der Waals surface area contributed by atoms with Gasteiger partial charge < -0.3 is 41.3 Å². The first-order valence-corrected chi connectivity index (χ1v) is 18.9. The minimum atomic E-state index is -4.67. The van der Waals surface area contributed by atoms with Crippen molar-refractivity contribution in [3.8, 4) is 6.01 Å². The van der Waals surface area contributed by atoms with Gasteiger partial charge in [0, 0.05) is 40.6 Å². The number of rotatable bonds is 18. The molecule has 5 rings (SSSR count). The number of ether oxygens (including phenoxy) is 1. The molecule has 6 N–H and O–H groups in total. The summed E-state index contributed by atoms with van der Waals surface area (Å²) in [6.07, 6.45) is -3.30. The lowest BCUT2D eigenvalue weighted by Crippen LogP contribution is -2.40. The maximum atomic E-state index is 13.0. The molecule has 1 aliphatic carbocycles. The minimum Gasteiger partial charge on any atom is -0.477 e. The van der Waals surface area contributed by atoms with Crippen LogP contribution in [0.25, 0.3) is 0 Å². The minimum absolute atomic E-state index is 0.0686. The Balaban J connectivity index is 1.17. The Morgan fingerprint density at radius 3 is 2.05 bits per heavy atom. The first-order valence-electron chi connectivity index (χ1n) is 18.5. The molecule has 4 aromatic rings. The standard InChI is InChI=1S/C39H40ClF3N10O7/c1-3-53(4-2)20-19-44-30(54)23-5-13-27(14-6-23)46-33(57)32(56)45-21-29(34(58)59)48-31(55)24-7-15-28(16-8-24)47-35-49-36(51-37(50-35)60-22-39(41,42)43)52-38(17-18-38)25-9-11-26(40)12-10-25/h5-16H,3-4,17-22H2,1-2H3,(H,44,54)(H,45,56)(H,46,57)(H,58,59)(H2,47,49,50,51,52)/b48-29-. The molecule has 0 aliphatic heterocycles. The number of benzene rings is 3. The number of aliphatic carboxylic acids is 1. The van der Waals surface area contributed by atoms with E-state index in [2.05, 4.69) is 51.4 Å². The molecule has 316 valence electrons. The van der Waals surface area contributed by atoms with E-state index in [1.807, 2.05) is 26.0 Å². The van der Waals surface area contributed by atoms with Gasteiger partial charge in [-0.15, -0.1) is 0 Å². The second-order valence-electron chi connectivity index (χ2n) is 13.3. The van der Waals surface area contributed by atoms with E-state index in [1.165, 1.54) is 48.5 Å². The van der Waals surface area contributed by atoms with E-state index in [9.17, 15) is 42.3 Å². The van der Waals surface area contributed by atoms with Gasteiger partial charge in [-0.05, 0) is 92.2 Å². The predicted molar refractivity (Wildman–Crippen MR) is 215 cm³/mol. The Bertz CT molecular complexity index is 2220. The van der Waals surface area contributed by atoms with Crippen molar-refractivity contribution in [2.24, 2.45) is 4.99 Å². The van der Waals surface area contributed by atoms with Crippen molar-refractivity contribution in [3.05, 3.63) is 94.5 Å². The highest BCUT2D eigenvalue weighted by Gasteiger charge is 2.45. The highest BCUT2D eigenvalue weighted by atomic mass is 35.5. The third kappa shape index (κ3) is 12.9. The molecule has 0 unspecified atom stereocenters. The zero-order valence-electron chi connectivity index (χ0n) is 32.2. The average Bonchev–Trinajstić information content (AvgIpc) is 4.00. The molecule has 0 bridgehead atoms. The molecular formula is C39H40ClF3N10O7. The van der Waals surface area contributed by atoms with Gasteiger partial charge in [-0.3, -0.25) is 19.2 Å². The van der Waals surface area contributed by atoms with Crippen LogP contribution < -0.4 is 31.3 Å². The van der Waals surface area contributed by atoms with Crippen molar-refractivity contribution in [1.82, 2.24) is 30.5 Å². The summed E-state index contributed by atoms with van der Waals surface area (Å²) >= 11 is 6.02. The lowest BCUT2D eigenvalue weighted by atomic mass is 10.1. The van der Waals surface area contributed by atoms with Crippen molar-refractivity contribution >= 4 is 70.2 Å². The molecule has 1 fully saturated rings. The number of carboxylic acid groups (broad SMARTS) is 1. The third-order valence-electron chi connectivity index (χ3n) is 8.98. The summed E-state index contributed by atoms with van der Waals surface area (Å²) < 4.78 is 43.7. The average molecular weight is 853 g/mol. The van der Waals surface area contributed by atoms with Gasteiger partial charge in [-0.1, -0.05) is 37.6 Å². The number of likely N-dealkylation sites (N-methyl/N-ethyl adjacent to an activating group) is 1. The van der Waals surface area contributed by atoms with Crippen LogP contribution in [0, 0.1) is 0 Å². The van der Waals surface area contributed by atoms with E-state index in [1.54, 1.807) is 12.1 Å². The van der Waals surface area contributed by atoms with Gasteiger partial charge in [0.15, 0.2) is 6.61 Å². The molecule has 1 saturated carbocycles. The van der Waals surface area contributed by atoms with Gasteiger partial charge in [0.25, 0.3) is 11.8 Å². The first-order chi connectivity index (χ1) is 28.6. The summed E-state index contributed by atoms with van der Waals surface area (Å²) in [7, 11) is 0. The number of carbonyl (C=O) groups is 5. The number of hydrogen-bond acceptors (Lipinski definition) is 12. The monoisotopic (exact) mass is 852 g/mol. The Labute approximate surface area is 346 Å². The molecule has 0 spiro atoms. The molecule has 1 aromatic heterocycles. The number of anilines is 4. The van der Waals surface area contributed by atoms with E-state index in [4.69, 9.17) is 16.3 Å². The molecular weight excluding hydrogens is 813 g/mol. The van der Waals surface area contributed by atoms with E-state index >= 15 is 0 Å². The molecule has 1 aliphatic rings. The van der Waals surface area contributed by atoms with Crippen molar-refractivity contribution in [2.45, 2.75) is 38.4 Å². The topological polar surface area (TPSA) is 229 Å². The number of alkyl halides is 3. The number of nitrogens with zero attached hydrogens (tertiary/aromatic N) is 5. The van der Waals surface area contributed by atoms with Crippen LogP contribution in [0.5, 0.6) is 6.01 Å². The molecule has 1 heterocycles. The quantitative estimate of drug-likeness (QED) is 0.0585. The molecule has 4 amide bonds. The number of aromatic nitrogens is 3. The van der Waals surface area contributed by atoms with Crippen LogP contribution >= 0.6 is 11.6 Å². The molecule has 3 aromatic carbocycles. The number of carbonyl (C=O) groups excluding carboxylic acids is 4. The fourth-order valence-electron chi connectivity index (χ4n) is 5.55. The van der Waals surface area contributed by atoms with Crippen LogP contribution in [0.3, 0.4) is 0 Å². The highest BCUT2D eigenvalue weighted by Crippen LogP contribution is 2.48. The summed E-state index contributed by atoms with van der Waals surface area (Å²) in [5, 5.41) is 23.4. The van der Waals surface area contributed by atoms with Gasteiger partial charge in [0.05, 0.1) is 12.1 Å². The fourth-order valence-corrected chi connectivity index (χ4v) is 5.68. The predicted octanol–water partition coefficient (Wildman–Crippen LogP) is 4.80. The molecule has 60 heavy (non-hydrogen) atoms. The zero-order chi connectivity index (χ0) is 43.5. The van der Waals surface area contributed by atoms with Gasteiger partial charge in [-0.2, -0.15) is 28.1 Å². The number of halogens is 4. The molecule has 0 radical (unpaired) electrons. The van der Waals surface area contributed by atoms with Crippen molar-refractivity contribution < 1.29 is 47.0 Å². The van der Waals surface area contributed by atoms with Gasteiger partial charge in [0.1, 0.15) is 5.71 Å². The Morgan fingerprint density at radius 2 is 1.45 bits per heavy atom. The molecule has 21 heteroatoms. The normalized spacial score (nSPS) is 13.2. The summed E-state index contributed by atoms with van der Waals surface area (Å²) in [6.45, 7) is 4.46. The summed E-state index contributed by atoms with van der Waals surface area (Å²) in [5.74, 6) is -5.56. The number of amides is 4. The van der Waals surface area contributed by atoms with E-state index in [0.29, 0.717) is 36.5 Å². The first kappa shape index (κ1) is 44.4. The van der Waals surface area contributed by atoms with Crippen LogP contribution in [0.15, 0.2) is 77.8 Å². The maximum Gasteiger partial charge on any atom is 0.422 e. The van der Waals surface area contributed by atoms with Crippen LogP contribution in [-0.4, -0.2) is 106 Å². The number of carboxylic acids is 1. The van der Waals surface area contributed by atoms with E-state index in [-0.39, 0.29) is 34.7 Å². The van der Waals surface area contributed by atoms with Gasteiger partial charge >= 0.3 is 30.0 Å². The van der Waals surface area contributed by atoms with Crippen LogP contribution in [0.2, 0.25) is 5.02 Å². The van der Waals surface area contributed by atoms with Gasteiger partial charge in [0.2, 0.25) is 11.9 Å². The van der Waals surface area contributed by atoms with Crippen LogP contribution in [0.4, 0.5) is 36.4 Å². The Kier molecular flexibility index (Phi) is 14.7. The number of nitrogens with one attached hydrogen (secondary N) is 5. The highest BCUT2D eigenvalue weighted by molar-refractivity contribution is 6.42. The summed E-state index contributed by atoms with van der Waals surface area (Å²) in [5.41, 5.74) is 0.232. The largest absolute Gasteiger partial charge is 0.477 e. The fraction of sp³-hybridized carbons (Fsp3) is 0.308. The lowest BCUT2D eigenvalue weighted by Gasteiger charge is -2.19. The Morgan fingerprint density at radius 1 is 0.833 bits per heavy atom. The second-order valence-corrected chi connectivity index (χ2v) is 13.7. The smallest absolute Gasteiger partial charge is 0.422 e. The van der Waals surface area contributed by atoms with E-state index in [0.717, 1.165) is 18.7 Å². The van der Waals surface area contributed by atoms with Crippen molar-refractivity contribution in [1.29, 1.82) is 0 Å². The lowest BCUT2D eigenvalue weighted by molar-refractivity contribution is -0.154. The molecule has 17 nitrogen and oxygen atoms in total. The molecule has 0 atom stereocenters. The van der Waals surface area contributed by atoms with Crippen LogP contribution in [0.1, 0.15) is 53.0 Å². The summed E-state index contributed by atoms with van der Waals surface area (Å²) in [4.78, 5) is 80.1. The van der Waals surface area contributed by atoms with Crippen molar-refractivity contribution in [3.63, 3.8) is 0 Å². The summed E-state index contributed by atoms with van der Waals surface area (Å²) in [6, 6.07) is 17.5. The number of aliphatic imine (C=N–C) groups is 1. The number of hydrogen-bond donors (Lipinski definition) is 6. The zero-order valence-corrected chi connectivity index (χ0v) is 33.0.